The molecule has 0 rings (SSSR count). The molecule has 0 aliphatic heterocycles. The SMILES string of the molecule is CC(=O)N[C@@H](COC(=O)CCC(=O)O)[C@@H](C)O. The monoisotopic (exact) mass is 247 g/mol. The van der Waals surface area contributed by atoms with Crippen LogP contribution in [-0.4, -0.2) is 46.8 Å². The van der Waals surface area contributed by atoms with Gasteiger partial charge in [-0.25, -0.2) is 0 Å². The Balaban J connectivity index is 3.99. The lowest BCUT2D eigenvalue weighted by molar-refractivity contribution is -0.149. The van der Waals surface area contributed by atoms with Crippen LogP contribution in [0.2, 0.25) is 0 Å². The number of hydrogen-bond acceptors (Lipinski definition) is 5. The molecule has 0 aliphatic carbocycles. The second-order valence-electron chi connectivity index (χ2n) is 3.62. The topological polar surface area (TPSA) is 113 Å². The van der Waals surface area contributed by atoms with Crippen LogP contribution < -0.4 is 5.32 Å². The minimum atomic E-state index is -1.09. The predicted octanol–water partition coefficient (Wildman–Crippen LogP) is -0.720. The van der Waals surface area contributed by atoms with Crippen molar-refractivity contribution >= 4 is 17.8 Å². The lowest BCUT2D eigenvalue weighted by Crippen LogP contribution is -2.44. The molecule has 0 saturated heterocycles. The van der Waals surface area contributed by atoms with Crippen molar-refractivity contribution < 1.29 is 29.3 Å². The molecule has 3 N–H and O–H groups in total. The molecule has 0 bridgehead atoms. The van der Waals surface area contributed by atoms with Crippen LogP contribution in [0.15, 0.2) is 0 Å². The Kier molecular flexibility index (Phi) is 6.88. The summed E-state index contributed by atoms with van der Waals surface area (Å²) in [6, 6.07) is -0.693. The lowest BCUT2D eigenvalue weighted by atomic mass is 10.2. The molecule has 0 fully saturated rings. The molecular weight excluding hydrogens is 230 g/mol. The molecule has 0 spiro atoms. The van der Waals surface area contributed by atoms with Gasteiger partial charge in [0.1, 0.15) is 6.61 Å². The summed E-state index contributed by atoms with van der Waals surface area (Å²) in [7, 11) is 0. The molecular formula is C10H17NO6. The summed E-state index contributed by atoms with van der Waals surface area (Å²) >= 11 is 0. The Morgan fingerprint density at radius 2 is 1.88 bits per heavy atom. The molecule has 0 unspecified atom stereocenters. The zero-order chi connectivity index (χ0) is 13.4. The molecule has 7 heteroatoms. The van der Waals surface area contributed by atoms with Crippen LogP contribution in [0.25, 0.3) is 0 Å². The number of esters is 1. The van der Waals surface area contributed by atoms with Crippen molar-refractivity contribution in [3.8, 4) is 0 Å². The Bertz CT molecular complexity index is 289. The fraction of sp³-hybridized carbons (Fsp3) is 0.700. The van der Waals surface area contributed by atoms with Crippen molar-refractivity contribution in [1.82, 2.24) is 5.32 Å². The molecule has 0 aromatic heterocycles. The number of aliphatic hydroxyl groups excluding tert-OH is 1. The number of carbonyl (C=O) groups excluding carboxylic acids is 2. The number of carboxylic acid groups (broad SMARTS) is 1. The number of hydrogen-bond donors (Lipinski definition) is 3. The highest BCUT2D eigenvalue weighted by Gasteiger charge is 2.18. The van der Waals surface area contributed by atoms with E-state index >= 15 is 0 Å². The van der Waals surface area contributed by atoms with Gasteiger partial charge in [0.05, 0.1) is 25.0 Å². The highest BCUT2D eigenvalue weighted by atomic mass is 16.5. The Morgan fingerprint density at radius 3 is 2.29 bits per heavy atom. The van der Waals surface area contributed by atoms with E-state index in [9.17, 15) is 19.5 Å². The number of ether oxygens (including phenoxy) is 1. The first-order chi connectivity index (χ1) is 7.82. The molecule has 1 amide bonds. The minimum absolute atomic E-state index is 0.185. The zero-order valence-electron chi connectivity index (χ0n) is 9.80. The maximum absolute atomic E-state index is 11.1. The summed E-state index contributed by atoms with van der Waals surface area (Å²) in [6.07, 6.45) is -1.41. The molecule has 0 aliphatic rings. The number of nitrogens with one attached hydrogen (secondary N) is 1. The molecule has 98 valence electrons. The van der Waals surface area contributed by atoms with Crippen molar-refractivity contribution in [2.75, 3.05) is 6.61 Å². The molecule has 17 heavy (non-hydrogen) atoms. The van der Waals surface area contributed by atoms with E-state index in [1.807, 2.05) is 0 Å². The number of rotatable bonds is 7. The third-order valence-corrected chi connectivity index (χ3v) is 1.94. The van der Waals surface area contributed by atoms with Crippen molar-refractivity contribution in [1.29, 1.82) is 0 Å². The van der Waals surface area contributed by atoms with Gasteiger partial charge in [0.2, 0.25) is 5.91 Å². The van der Waals surface area contributed by atoms with Crippen molar-refractivity contribution in [3.05, 3.63) is 0 Å². The maximum Gasteiger partial charge on any atom is 0.306 e. The van der Waals surface area contributed by atoms with Gasteiger partial charge >= 0.3 is 11.9 Å². The van der Waals surface area contributed by atoms with Gasteiger partial charge in [0.15, 0.2) is 0 Å². The van der Waals surface area contributed by atoms with Gasteiger partial charge in [-0.05, 0) is 6.92 Å². The Morgan fingerprint density at radius 1 is 1.29 bits per heavy atom. The highest BCUT2D eigenvalue weighted by Crippen LogP contribution is 1.98. The number of aliphatic carboxylic acids is 1. The van der Waals surface area contributed by atoms with Gasteiger partial charge in [-0.3, -0.25) is 14.4 Å². The molecule has 0 heterocycles. The Labute approximate surface area is 98.8 Å². The standard InChI is InChI=1S/C10H17NO6/c1-6(12)8(11-7(2)13)5-17-10(16)4-3-9(14)15/h6,8,12H,3-5H2,1-2H3,(H,11,13)(H,14,15)/t6-,8+/m1/s1. The van der Waals surface area contributed by atoms with Crippen LogP contribution >= 0.6 is 0 Å². The molecule has 0 aromatic rings. The fourth-order valence-corrected chi connectivity index (χ4v) is 1.03. The second-order valence-corrected chi connectivity index (χ2v) is 3.62. The van der Waals surface area contributed by atoms with Crippen LogP contribution in [-0.2, 0) is 19.1 Å². The van der Waals surface area contributed by atoms with Gasteiger partial charge in [-0.15, -0.1) is 0 Å². The van der Waals surface area contributed by atoms with Crippen LogP contribution in [0.3, 0.4) is 0 Å². The van der Waals surface area contributed by atoms with E-state index < -0.39 is 24.1 Å². The maximum atomic E-state index is 11.1. The fourth-order valence-electron chi connectivity index (χ4n) is 1.03. The first-order valence-electron chi connectivity index (χ1n) is 5.15. The van der Waals surface area contributed by atoms with E-state index in [1.54, 1.807) is 0 Å². The van der Waals surface area contributed by atoms with Crippen LogP contribution in [0.4, 0.5) is 0 Å². The van der Waals surface area contributed by atoms with E-state index in [0.29, 0.717) is 0 Å². The molecule has 0 radical (unpaired) electrons. The summed E-state index contributed by atoms with van der Waals surface area (Å²) in [5, 5.41) is 20.1. The first-order valence-corrected chi connectivity index (χ1v) is 5.15. The Hall–Kier alpha value is -1.63. The van der Waals surface area contributed by atoms with Crippen molar-refractivity contribution in [2.45, 2.75) is 38.8 Å². The third-order valence-electron chi connectivity index (χ3n) is 1.94. The van der Waals surface area contributed by atoms with Crippen LogP contribution in [0.1, 0.15) is 26.7 Å². The summed E-state index contributed by atoms with van der Waals surface area (Å²) in [5.41, 5.74) is 0. The van der Waals surface area contributed by atoms with Gasteiger partial charge < -0.3 is 20.3 Å². The molecule has 0 saturated carbocycles. The highest BCUT2D eigenvalue weighted by molar-refractivity contribution is 5.76. The summed E-state index contributed by atoms with van der Waals surface area (Å²) in [4.78, 5) is 32.0. The normalized spacial score (nSPS) is 13.6. The summed E-state index contributed by atoms with van der Waals surface area (Å²) < 4.78 is 4.74. The molecule has 0 aromatic carbocycles. The number of carboxylic acids is 1. The van der Waals surface area contributed by atoms with E-state index in [2.05, 4.69) is 5.32 Å². The minimum Gasteiger partial charge on any atom is -0.481 e. The van der Waals surface area contributed by atoms with E-state index in [-0.39, 0.29) is 25.4 Å². The van der Waals surface area contributed by atoms with E-state index in [0.717, 1.165) is 0 Å². The summed E-state index contributed by atoms with van der Waals surface area (Å²) in [5.74, 6) is -2.11. The van der Waals surface area contributed by atoms with Crippen molar-refractivity contribution in [3.63, 3.8) is 0 Å². The molecule has 7 nitrogen and oxygen atoms in total. The third kappa shape index (κ3) is 8.21. The van der Waals surface area contributed by atoms with E-state index in [4.69, 9.17) is 9.84 Å². The van der Waals surface area contributed by atoms with E-state index in [1.165, 1.54) is 13.8 Å². The lowest BCUT2D eigenvalue weighted by Gasteiger charge is -2.20. The van der Waals surface area contributed by atoms with Crippen LogP contribution in [0, 0.1) is 0 Å². The van der Waals surface area contributed by atoms with Gasteiger partial charge in [-0.2, -0.15) is 0 Å². The average Bonchev–Trinajstić information content (AvgIpc) is 2.20. The second kappa shape index (κ2) is 7.61. The smallest absolute Gasteiger partial charge is 0.306 e. The number of amides is 1. The van der Waals surface area contributed by atoms with Gasteiger partial charge in [-0.1, -0.05) is 0 Å². The first kappa shape index (κ1) is 15.4. The average molecular weight is 247 g/mol. The quantitative estimate of drug-likeness (QED) is 0.512. The molecule has 2 atom stereocenters. The van der Waals surface area contributed by atoms with Gasteiger partial charge in [0, 0.05) is 6.92 Å². The number of aliphatic hydroxyl groups is 1. The number of carbonyl (C=O) groups is 3. The van der Waals surface area contributed by atoms with Gasteiger partial charge in [0.25, 0.3) is 0 Å². The largest absolute Gasteiger partial charge is 0.481 e. The van der Waals surface area contributed by atoms with Crippen molar-refractivity contribution in [2.24, 2.45) is 0 Å². The zero-order valence-corrected chi connectivity index (χ0v) is 9.80. The predicted molar refractivity (Wildman–Crippen MR) is 57.1 cm³/mol. The van der Waals surface area contributed by atoms with Crippen LogP contribution in [0.5, 0.6) is 0 Å². The summed E-state index contributed by atoms with van der Waals surface area (Å²) in [6.45, 7) is 2.54.